The van der Waals surface area contributed by atoms with Gasteiger partial charge in [-0.25, -0.2) is 4.39 Å². The summed E-state index contributed by atoms with van der Waals surface area (Å²) in [6.45, 7) is 1.64. The van der Waals surface area contributed by atoms with Crippen LogP contribution in [0.1, 0.15) is 24.6 Å². The van der Waals surface area contributed by atoms with Crippen LogP contribution in [0.25, 0.3) is 0 Å². The van der Waals surface area contributed by atoms with Gasteiger partial charge in [0.15, 0.2) is 18.2 Å². The maximum absolute atomic E-state index is 13.3. The Hall–Kier alpha value is -1.95. The molecule has 1 aliphatic rings. The second-order valence-corrected chi connectivity index (χ2v) is 4.90. The molecule has 1 aromatic heterocycles. The molecule has 6 heteroatoms. The lowest BCUT2D eigenvalue weighted by molar-refractivity contribution is 0.272. The van der Waals surface area contributed by atoms with Crippen LogP contribution in [-0.2, 0) is 13.2 Å². The highest BCUT2D eigenvalue weighted by atomic mass is 19.1. The second kappa shape index (κ2) is 6.00. The summed E-state index contributed by atoms with van der Waals surface area (Å²) < 4.78 is 23.7. The highest BCUT2D eigenvalue weighted by Gasteiger charge is 2.20. The fourth-order valence-electron chi connectivity index (χ4n) is 1.83. The minimum atomic E-state index is -0.401. The number of benzene rings is 1. The lowest BCUT2D eigenvalue weighted by Gasteiger charge is -2.03. The van der Waals surface area contributed by atoms with Gasteiger partial charge in [0.25, 0.3) is 0 Å². The van der Waals surface area contributed by atoms with Gasteiger partial charge in [-0.2, -0.15) is 4.98 Å². The number of para-hydroxylation sites is 1. The summed E-state index contributed by atoms with van der Waals surface area (Å²) in [4.78, 5) is 4.18. The van der Waals surface area contributed by atoms with Crippen molar-refractivity contribution in [2.75, 3.05) is 6.54 Å². The van der Waals surface area contributed by atoms with Crippen LogP contribution in [0.15, 0.2) is 28.8 Å². The first kappa shape index (κ1) is 13.1. The SMILES string of the molecule is Fc1ccccc1OCc1noc(CNCC2CC2)n1. The number of halogens is 1. The Labute approximate surface area is 116 Å². The van der Waals surface area contributed by atoms with E-state index in [1.54, 1.807) is 18.2 Å². The van der Waals surface area contributed by atoms with Crippen LogP contribution >= 0.6 is 0 Å². The molecule has 5 nitrogen and oxygen atoms in total. The number of nitrogens with one attached hydrogen (secondary N) is 1. The number of nitrogens with zero attached hydrogens (tertiary/aromatic N) is 2. The molecule has 0 atom stereocenters. The van der Waals surface area contributed by atoms with Gasteiger partial charge in [0, 0.05) is 0 Å². The Balaban J connectivity index is 1.48. The largest absolute Gasteiger partial charge is 0.482 e. The zero-order valence-electron chi connectivity index (χ0n) is 11.0. The molecule has 2 aromatic rings. The fourth-order valence-corrected chi connectivity index (χ4v) is 1.83. The van der Waals surface area contributed by atoms with E-state index in [0.29, 0.717) is 18.3 Å². The quantitative estimate of drug-likeness (QED) is 0.841. The van der Waals surface area contributed by atoms with Crippen LogP contribution in [0.3, 0.4) is 0 Å². The molecule has 0 unspecified atom stereocenters. The van der Waals surface area contributed by atoms with Crippen molar-refractivity contribution in [1.82, 2.24) is 15.5 Å². The van der Waals surface area contributed by atoms with Crippen LogP contribution in [0.4, 0.5) is 4.39 Å². The summed E-state index contributed by atoms with van der Waals surface area (Å²) >= 11 is 0. The number of rotatable bonds is 7. The highest BCUT2D eigenvalue weighted by molar-refractivity contribution is 5.23. The first-order chi connectivity index (χ1) is 9.81. The average Bonchev–Trinajstić information content (AvgIpc) is 3.16. The minimum Gasteiger partial charge on any atom is -0.482 e. The summed E-state index contributed by atoms with van der Waals surface area (Å²) in [5.41, 5.74) is 0. The van der Waals surface area contributed by atoms with Crippen molar-refractivity contribution < 1.29 is 13.7 Å². The van der Waals surface area contributed by atoms with Gasteiger partial charge in [-0.3, -0.25) is 0 Å². The summed E-state index contributed by atoms with van der Waals surface area (Å²) in [5, 5.41) is 7.06. The normalized spacial score (nSPS) is 14.4. The van der Waals surface area contributed by atoms with E-state index in [0.717, 1.165) is 12.5 Å². The number of hydrogen-bond donors (Lipinski definition) is 1. The fraction of sp³-hybridized carbons (Fsp3) is 0.429. The van der Waals surface area contributed by atoms with Gasteiger partial charge >= 0.3 is 0 Å². The van der Waals surface area contributed by atoms with Crippen molar-refractivity contribution in [1.29, 1.82) is 0 Å². The van der Waals surface area contributed by atoms with Crippen molar-refractivity contribution in [3.63, 3.8) is 0 Å². The van der Waals surface area contributed by atoms with Crippen molar-refractivity contribution in [2.45, 2.75) is 26.0 Å². The van der Waals surface area contributed by atoms with Gasteiger partial charge < -0.3 is 14.6 Å². The van der Waals surface area contributed by atoms with Crippen LogP contribution in [-0.4, -0.2) is 16.7 Å². The molecular formula is C14H16FN3O2. The van der Waals surface area contributed by atoms with Crippen LogP contribution in [0.2, 0.25) is 0 Å². The predicted octanol–water partition coefficient (Wildman–Crippen LogP) is 2.29. The van der Waals surface area contributed by atoms with E-state index in [2.05, 4.69) is 15.5 Å². The first-order valence-electron chi connectivity index (χ1n) is 6.71. The molecule has 1 N–H and O–H groups in total. The van der Waals surface area contributed by atoms with Crippen LogP contribution in [0.5, 0.6) is 5.75 Å². The van der Waals surface area contributed by atoms with E-state index in [4.69, 9.17) is 9.26 Å². The monoisotopic (exact) mass is 277 g/mol. The van der Waals surface area contributed by atoms with Gasteiger partial charge in [0.1, 0.15) is 0 Å². The Morgan fingerprint density at radius 1 is 1.35 bits per heavy atom. The Morgan fingerprint density at radius 2 is 2.20 bits per heavy atom. The molecule has 20 heavy (non-hydrogen) atoms. The van der Waals surface area contributed by atoms with Crippen molar-refractivity contribution in [2.24, 2.45) is 5.92 Å². The minimum absolute atomic E-state index is 0.0903. The van der Waals surface area contributed by atoms with Gasteiger partial charge in [-0.1, -0.05) is 17.3 Å². The van der Waals surface area contributed by atoms with Gasteiger partial charge in [-0.05, 0) is 37.4 Å². The molecule has 1 aliphatic carbocycles. The molecule has 0 amide bonds. The smallest absolute Gasteiger partial charge is 0.240 e. The van der Waals surface area contributed by atoms with Gasteiger partial charge in [0.2, 0.25) is 11.7 Å². The topological polar surface area (TPSA) is 60.2 Å². The summed E-state index contributed by atoms with van der Waals surface area (Å²) in [6.07, 6.45) is 2.61. The van der Waals surface area contributed by atoms with Crippen molar-refractivity contribution >= 4 is 0 Å². The summed E-state index contributed by atoms with van der Waals surface area (Å²) in [6, 6.07) is 6.23. The standard InChI is InChI=1S/C14H16FN3O2/c15-11-3-1-2-4-12(11)19-9-13-17-14(20-18-13)8-16-7-10-5-6-10/h1-4,10,16H,5-9H2. The zero-order valence-corrected chi connectivity index (χ0v) is 11.0. The second-order valence-electron chi connectivity index (χ2n) is 4.90. The summed E-state index contributed by atoms with van der Waals surface area (Å²) in [7, 11) is 0. The Morgan fingerprint density at radius 3 is 3.00 bits per heavy atom. The summed E-state index contributed by atoms with van der Waals surface area (Å²) in [5.74, 6) is 1.53. The van der Waals surface area contributed by atoms with E-state index in [1.807, 2.05) is 0 Å². The van der Waals surface area contributed by atoms with E-state index in [-0.39, 0.29) is 12.4 Å². The molecule has 1 fully saturated rings. The molecule has 1 heterocycles. The molecule has 0 bridgehead atoms. The zero-order chi connectivity index (χ0) is 13.8. The van der Waals surface area contributed by atoms with E-state index >= 15 is 0 Å². The average molecular weight is 277 g/mol. The molecular weight excluding hydrogens is 261 g/mol. The Bertz CT molecular complexity index is 569. The maximum atomic E-state index is 13.3. The number of hydrogen-bond acceptors (Lipinski definition) is 5. The Kier molecular flexibility index (Phi) is 3.92. The molecule has 0 aliphatic heterocycles. The molecule has 106 valence electrons. The third kappa shape index (κ3) is 3.54. The molecule has 0 radical (unpaired) electrons. The van der Waals surface area contributed by atoms with Gasteiger partial charge in [0.05, 0.1) is 6.54 Å². The maximum Gasteiger partial charge on any atom is 0.240 e. The highest BCUT2D eigenvalue weighted by Crippen LogP contribution is 2.27. The molecule has 1 aromatic carbocycles. The third-order valence-electron chi connectivity index (χ3n) is 3.11. The van der Waals surface area contributed by atoms with Crippen molar-refractivity contribution in [3.8, 4) is 5.75 Å². The van der Waals surface area contributed by atoms with Crippen LogP contribution < -0.4 is 10.1 Å². The third-order valence-corrected chi connectivity index (χ3v) is 3.11. The number of ether oxygens (including phenoxy) is 1. The van der Waals surface area contributed by atoms with E-state index in [1.165, 1.54) is 18.9 Å². The number of aromatic nitrogens is 2. The molecule has 3 rings (SSSR count). The first-order valence-corrected chi connectivity index (χ1v) is 6.71. The van der Waals surface area contributed by atoms with Crippen LogP contribution in [0, 0.1) is 11.7 Å². The molecule has 1 saturated carbocycles. The lowest BCUT2D eigenvalue weighted by Crippen LogP contribution is -2.16. The molecule has 0 spiro atoms. The van der Waals surface area contributed by atoms with Crippen molar-refractivity contribution in [3.05, 3.63) is 41.8 Å². The van der Waals surface area contributed by atoms with E-state index < -0.39 is 5.82 Å². The molecule has 0 saturated heterocycles. The van der Waals surface area contributed by atoms with E-state index in [9.17, 15) is 4.39 Å². The predicted molar refractivity (Wildman–Crippen MR) is 69.5 cm³/mol. The lowest BCUT2D eigenvalue weighted by atomic mass is 10.3. The van der Waals surface area contributed by atoms with Gasteiger partial charge in [-0.15, -0.1) is 0 Å².